The second-order valence-corrected chi connectivity index (χ2v) is 3.49. The van der Waals surface area contributed by atoms with Crippen molar-refractivity contribution in [3.8, 4) is 0 Å². The summed E-state index contributed by atoms with van der Waals surface area (Å²) >= 11 is 0. The second kappa shape index (κ2) is 7.10. The summed E-state index contributed by atoms with van der Waals surface area (Å²) in [6.07, 6.45) is 7.50. The molecule has 2 rings (SSSR count). The molecule has 0 radical (unpaired) electrons. The van der Waals surface area contributed by atoms with Gasteiger partial charge in [-0.2, -0.15) is 0 Å². The first-order chi connectivity index (χ1) is 5.95. The van der Waals surface area contributed by atoms with Gasteiger partial charge in [-0.25, -0.2) is 4.98 Å². The average molecular weight is 238 g/mol. The van der Waals surface area contributed by atoms with Crippen LogP contribution in [0.25, 0.3) is 0 Å². The summed E-state index contributed by atoms with van der Waals surface area (Å²) in [5, 5.41) is 3.41. The number of piperidine rings is 1. The molecule has 2 heterocycles. The predicted octanol–water partition coefficient (Wildman–Crippen LogP) is 1.80. The number of imidazole rings is 1. The van der Waals surface area contributed by atoms with E-state index in [0.717, 1.165) is 12.3 Å². The lowest BCUT2D eigenvalue weighted by atomic mass is 9.95. The van der Waals surface area contributed by atoms with E-state index in [1.807, 2.05) is 6.20 Å². The van der Waals surface area contributed by atoms with Crippen LogP contribution < -0.4 is 5.32 Å². The van der Waals surface area contributed by atoms with Crippen molar-refractivity contribution < 1.29 is 0 Å². The lowest BCUT2D eigenvalue weighted by Gasteiger charge is -2.21. The largest absolute Gasteiger partial charge is 0.348 e. The minimum absolute atomic E-state index is 0. The lowest BCUT2D eigenvalue weighted by Crippen LogP contribution is -2.30. The van der Waals surface area contributed by atoms with Crippen molar-refractivity contribution in [1.82, 2.24) is 15.3 Å². The molecule has 0 aromatic carbocycles. The van der Waals surface area contributed by atoms with Gasteiger partial charge in [-0.3, -0.25) is 0 Å². The fraction of sp³-hybridized carbons (Fsp3) is 0.667. The Kier molecular flexibility index (Phi) is 6.97. The van der Waals surface area contributed by atoms with Gasteiger partial charge < -0.3 is 10.3 Å². The Morgan fingerprint density at radius 3 is 2.86 bits per heavy atom. The molecule has 0 bridgehead atoms. The molecule has 1 atom stereocenters. The molecular weight excluding hydrogens is 221 g/mol. The summed E-state index contributed by atoms with van der Waals surface area (Å²) in [5.41, 5.74) is 1.27. The summed E-state index contributed by atoms with van der Waals surface area (Å²) < 4.78 is 0. The molecule has 5 heteroatoms. The predicted molar refractivity (Wildman–Crippen MR) is 62.4 cm³/mol. The minimum Gasteiger partial charge on any atom is -0.348 e. The van der Waals surface area contributed by atoms with Crippen molar-refractivity contribution in [3.63, 3.8) is 0 Å². The van der Waals surface area contributed by atoms with Crippen molar-refractivity contribution >= 4 is 24.8 Å². The van der Waals surface area contributed by atoms with Crippen LogP contribution in [-0.4, -0.2) is 23.1 Å². The summed E-state index contributed by atoms with van der Waals surface area (Å²) in [6.45, 7) is 2.36. The van der Waals surface area contributed by atoms with Crippen molar-refractivity contribution in [2.24, 2.45) is 5.92 Å². The SMILES string of the molecule is Cl.Cl.c1ncc(C[C@@H]2CCCNC2)[nH]1. The Morgan fingerprint density at radius 2 is 2.29 bits per heavy atom. The Balaban J connectivity index is 0.000000845. The van der Waals surface area contributed by atoms with Gasteiger partial charge in [0.2, 0.25) is 0 Å². The van der Waals surface area contributed by atoms with Crippen LogP contribution in [0.4, 0.5) is 0 Å². The van der Waals surface area contributed by atoms with Crippen LogP contribution in [0.15, 0.2) is 12.5 Å². The third-order valence-corrected chi connectivity index (χ3v) is 2.46. The molecule has 14 heavy (non-hydrogen) atoms. The topological polar surface area (TPSA) is 40.7 Å². The first-order valence-electron chi connectivity index (χ1n) is 4.63. The zero-order valence-electron chi connectivity index (χ0n) is 8.03. The number of nitrogens with one attached hydrogen (secondary N) is 2. The van der Waals surface area contributed by atoms with Gasteiger partial charge in [-0.15, -0.1) is 24.8 Å². The maximum atomic E-state index is 4.01. The summed E-state index contributed by atoms with van der Waals surface area (Å²) in [4.78, 5) is 7.16. The molecule has 3 nitrogen and oxygen atoms in total. The van der Waals surface area contributed by atoms with E-state index < -0.39 is 0 Å². The normalized spacial score (nSPS) is 20.7. The van der Waals surface area contributed by atoms with Crippen molar-refractivity contribution in [3.05, 3.63) is 18.2 Å². The van der Waals surface area contributed by atoms with Gasteiger partial charge in [0, 0.05) is 11.9 Å². The number of halogens is 2. The molecule has 1 aliphatic rings. The van der Waals surface area contributed by atoms with Crippen LogP contribution in [0.5, 0.6) is 0 Å². The fourth-order valence-corrected chi connectivity index (χ4v) is 1.81. The molecule has 1 aliphatic heterocycles. The molecule has 1 aromatic rings. The Bertz CT molecular complexity index is 220. The number of aromatic amines is 1. The molecule has 0 saturated carbocycles. The molecular formula is C9H17Cl2N3. The van der Waals surface area contributed by atoms with E-state index in [0.29, 0.717) is 0 Å². The molecule has 1 saturated heterocycles. The van der Waals surface area contributed by atoms with E-state index in [1.54, 1.807) is 6.33 Å². The molecule has 0 spiro atoms. The highest BCUT2D eigenvalue weighted by atomic mass is 35.5. The van der Waals surface area contributed by atoms with E-state index in [4.69, 9.17) is 0 Å². The van der Waals surface area contributed by atoms with Crippen LogP contribution in [0.1, 0.15) is 18.5 Å². The van der Waals surface area contributed by atoms with E-state index in [-0.39, 0.29) is 24.8 Å². The van der Waals surface area contributed by atoms with Crippen LogP contribution in [0.2, 0.25) is 0 Å². The van der Waals surface area contributed by atoms with Gasteiger partial charge in [-0.05, 0) is 38.3 Å². The Morgan fingerprint density at radius 1 is 1.43 bits per heavy atom. The number of hydrogen-bond donors (Lipinski definition) is 2. The third-order valence-electron chi connectivity index (χ3n) is 2.46. The molecule has 0 unspecified atom stereocenters. The summed E-state index contributed by atoms with van der Waals surface area (Å²) in [5.74, 6) is 0.805. The van der Waals surface area contributed by atoms with Crippen molar-refractivity contribution in [2.75, 3.05) is 13.1 Å². The Labute approximate surface area is 96.9 Å². The Hall–Kier alpha value is -0.250. The first kappa shape index (κ1) is 13.8. The quantitative estimate of drug-likeness (QED) is 0.824. The van der Waals surface area contributed by atoms with Crippen LogP contribution in [0.3, 0.4) is 0 Å². The highest BCUT2D eigenvalue weighted by Crippen LogP contribution is 2.14. The van der Waals surface area contributed by atoms with E-state index >= 15 is 0 Å². The monoisotopic (exact) mass is 237 g/mol. The maximum absolute atomic E-state index is 4.01. The highest BCUT2D eigenvalue weighted by molar-refractivity contribution is 5.85. The van der Waals surface area contributed by atoms with E-state index in [2.05, 4.69) is 15.3 Å². The first-order valence-corrected chi connectivity index (χ1v) is 4.63. The zero-order valence-corrected chi connectivity index (χ0v) is 9.66. The van der Waals surface area contributed by atoms with Crippen LogP contribution in [-0.2, 0) is 6.42 Å². The van der Waals surface area contributed by atoms with Gasteiger partial charge >= 0.3 is 0 Å². The average Bonchev–Trinajstić information content (AvgIpc) is 2.59. The number of nitrogens with zero attached hydrogens (tertiary/aromatic N) is 1. The maximum Gasteiger partial charge on any atom is 0.0921 e. The standard InChI is InChI=1S/C9H15N3.2ClH/c1-2-8(5-10-3-1)4-9-6-11-7-12-9;;/h6-8,10H,1-5H2,(H,11,12);2*1H/t8-;;/m0../s1. The lowest BCUT2D eigenvalue weighted by molar-refractivity contribution is 0.374. The molecule has 2 N–H and O–H groups in total. The zero-order chi connectivity index (χ0) is 8.23. The van der Waals surface area contributed by atoms with Gasteiger partial charge in [0.15, 0.2) is 0 Å². The number of rotatable bonds is 2. The molecule has 1 aromatic heterocycles. The molecule has 82 valence electrons. The molecule has 0 amide bonds. The fourth-order valence-electron chi connectivity index (χ4n) is 1.81. The molecule has 1 fully saturated rings. The van der Waals surface area contributed by atoms with Gasteiger partial charge in [-0.1, -0.05) is 0 Å². The number of aromatic nitrogens is 2. The second-order valence-electron chi connectivity index (χ2n) is 3.49. The number of H-pyrrole nitrogens is 1. The van der Waals surface area contributed by atoms with Gasteiger partial charge in [0.25, 0.3) is 0 Å². The summed E-state index contributed by atoms with van der Waals surface area (Å²) in [7, 11) is 0. The van der Waals surface area contributed by atoms with Gasteiger partial charge in [0.05, 0.1) is 6.33 Å². The van der Waals surface area contributed by atoms with Crippen molar-refractivity contribution in [1.29, 1.82) is 0 Å². The van der Waals surface area contributed by atoms with Crippen LogP contribution >= 0.6 is 24.8 Å². The van der Waals surface area contributed by atoms with Crippen molar-refractivity contribution in [2.45, 2.75) is 19.3 Å². The smallest absolute Gasteiger partial charge is 0.0921 e. The minimum atomic E-state index is 0. The van der Waals surface area contributed by atoms with Crippen LogP contribution in [0, 0.1) is 5.92 Å². The molecule has 0 aliphatic carbocycles. The van der Waals surface area contributed by atoms with E-state index in [9.17, 15) is 0 Å². The summed E-state index contributed by atoms with van der Waals surface area (Å²) in [6, 6.07) is 0. The van der Waals surface area contributed by atoms with E-state index in [1.165, 1.54) is 31.6 Å². The third kappa shape index (κ3) is 3.86. The van der Waals surface area contributed by atoms with Gasteiger partial charge in [0.1, 0.15) is 0 Å². The highest BCUT2D eigenvalue weighted by Gasteiger charge is 2.13. The number of hydrogen-bond acceptors (Lipinski definition) is 2.